The van der Waals surface area contributed by atoms with Gasteiger partial charge in [-0.3, -0.25) is 9.97 Å². The Balaban J connectivity index is 1.83. The molecule has 20 heavy (non-hydrogen) atoms. The molecule has 0 bridgehead atoms. The van der Waals surface area contributed by atoms with Crippen LogP contribution >= 0.6 is 0 Å². The molecular weight excluding hydrogens is 248 g/mol. The molecule has 1 aromatic carbocycles. The zero-order valence-electron chi connectivity index (χ0n) is 12.6. The van der Waals surface area contributed by atoms with Crippen LogP contribution in [0, 0.1) is 5.92 Å². The van der Waals surface area contributed by atoms with Crippen molar-refractivity contribution in [1.29, 1.82) is 0 Å². The first kappa shape index (κ1) is 14.9. The molecule has 1 heterocycles. The van der Waals surface area contributed by atoms with E-state index in [1.807, 2.05) is 6.07 Å². The van der Waals surface area contributed by atoms with Crippen molar-refractivity contribution in [3.05, 3.63) is 36.2 Å². The maximum Gasteiger partial charge on any atom is 0.0890 e. The molecule has 0 aliphatic carbocycles. The van der Waals surface area contributed by atoms with Crippen LogP contribution < -0.4 is 10.6 Å². The summed E-state index contributed by atoms with van der Waals surface area (Å²) in [5.41, 5.74) is 3.15. The van der Waals surface area contributed by atoms with Crippen LogP contribution in [-0.2, 0) is 6.54 Å². The molecule has 0 fully saturated rings. The fourth-order valence-electron chi connectivity index (χ4n) is 2.07. The van der Waals surface area contributed by atoms with Crippen molar-refractivity contribution in [2.24, 2.45) is 5.92 Å². The average molecular weight is 272 g/mol. The Bertz CT molecular complexity index is 539. The highest BCUT2D eigenvalue weighted by Gasteiger charge is 2.03. The van der Waals surface area contributed by atoms with Crippen molar-refractivity contribution in [2.45, 2.75) is 33.4 Å². The normalized spacial score (nSPS) is 13.0. The summed E-state index contributed by atoms with van der Waals surface area (Å²) in [5.74, 6) is 0.696. The Labute approximate surface area is 121 Å². The van der Waals surface area contributed by atoms with E-state index in [9.17, 15) is 0 Å². The fraction of sp³-hybridized carbons (Fsp3) is 0.500. The molecule has 2 N–H and O–H groups in total. The molecule has 0 amide bonds. The van der Waals surface area contributed by atoms with Crippen LogP contribution in [-0.4, -0.2) is 29.1 Å². The summed E-state index contributed by atoms with van der Waals surface area (Å²) < 4.78 is 0. The van der Waals surface area contributed by atoms with E-state index in [1.54, 1.807) is 12.4 Å². The van der Waals surface area contributed by atoms with Crippen molar-refractivity contribution < 1.29 is 0 Å². The maximum atomic E-state index is 4.34. The summed E-state index contributed by atoms with van der Waals surface area (Å²) in [4.78, 5) is 8.62. The van der Waals surface area contributed by atoms with Crippen molar-refractivity contribution in [2.75, 3.05) is 13.1 Å². The topological polar surface area (TPSA) is 49.8 Å². The van der Waals surface area contributed by atoms with E-state index >= 15 is 0 Å². The largest absolute Gasteiger partial charge is 0.315 e. The van der Waals surface area contributed by atoms with Gasteiger partial charge in [0.05, 0.1) is 11.0 Å². The lowest BCUT2D eigenvalue weighted by atomic mass is 10.2. The third-order valence-electron chi connectivity index (χ3n) is 3.19. The number of nitrogens with zero attached hydrogens (tertiary/aromatic N) is 2. The van der Waals surface area contributed by atoms with Crippen molar-refractivity contribution >= 4 is 11.0 Å². The van der Waals surface area contributed by atoms with Gasteiger partial charge in [0.1, 0.15) is 0 Å². The third kappa shape index (κ3) is 4.54. The molecule has 0 spiro atoms. The van der Waals surface area contributed by atoms with E-state index in [1.165, 1.54) is 5.56 Å². The second kappa shape index (κ2) is 7.31. The summed E-state index contributed by atoms with van der Waals surface area (Å²) in [7, 11) is 0. The van der Waals surface area contributed by atoms with Gasteiger partial charge in [0.25, 0.3) is 0 Å². The first-order valence-corrected chi connectivity index (χ1v) is 7.29. The molecule has 0 saturated carbocycles. The molecule has 108 valence electrons. The predicted octanol–water partition coefficient (Wildman–Crippen LogP) is 2.35. The number of hydrogen-bond donors (Lipinski definition) is 2. The number of nitrogens with one attached hydrogen (secondary N) is 2. The van der Waals surface area contributed by atoms with Gasteiger partial charge in [0.15, 0.2) is 0 Å². The first-order chi connectivity index (χ1) is 9.65. The molecule has 0 aliphatic heterocycles. The number of benzene rings is 1. The SMILES string of the molecule is CC(C)CNCC(C)NCc1ccc2nccnc2c1. The van der Waals surface area contributed by atoms with Crippen LogP contribution in [0.15, 0.2) is 30.6 Å². The second-order valence-electron chi connectivity index (χ2n) is 5.71. The molecule has 4 heteroatoms. The molecule has 4 nitrogen and oxygen atoms in total. The minimum atomic E-state index is 0.450. The van der Waals surface area contributed by atoms with E-state index in [2.05, 4.69) is 53.5 Å². The molecule has 2 rings (SSSR count). The van der Waals surface area contributed by atoms with Gasteiger partial charge >= 0.3 is 0 Å². The van der Waals surface area contributed by atoms with Crippen LogP contribution in [0.4, 0.5) is 0 Å². The lowest BCUT2D eigenvalue weighted by Crippen LogP contribution is -2.37. The zero-order valence-corrected chi connectivity index (χ0v) is 12.6. The summed E-state index contributed by atoms with van der Waals surface area (Å²) >= 11 is 0. The van der Waals surface area contributed by atoms with Gasteiger partial charge in [-0.25, -0.2) is 0 Å². The van der Waals surface area contributed by atoms with Crippen LogP contribution in [0.25, 0.3) is 11.0 Å². The van der Waals surface area contributed by atoms with Crippen LogP contribution in [0.2, 0.25) is 0 Å². The molecule has 1 unspecified atom stereocenters. The average Bonchev–Trinajstić information content (AvgIpc) is 2.44. The Hall–Kier alpha value is -1.52. The minimum Gasteiger partial charge on any atom is -0.315 e. The lowest BCUT2D eigenvalue weighted by Gasteiger charge is -2.16. The van der Waals surface area contributed by atoms with E-state index < -0.39 is 0 Å². The molecule has 1 atom stereocenters. The molecule has 2 aromatic rings. The quantitative estimate of drug-likeness (QED) is 0.812. The summed E-state index contributed by atoms with van der Waals surface area (Å²) in [6.45, 7) is 9.57. The Kier molecular flexibility index (Phi) is 5.44. The third-order valence-corrected chi connectivity index (χ3v) is 3.19. The van der Waals surface area contributed by atoms with Gasteiger partial charge in [0.2, 0.25) is 0 Å². The summed E-state index contributed by atoms with van der Waals surface area (Å²) in [6.07, 6.45) is 3.46. The summed E-state index contributed by atoms with van der Waals surface area (Å²) in [6, 6.07) is 6.69. The standard InChI is InChI=1S/C16H24N4/c1-12(2)9-17-10-13(3)20-11-14-4-5-15-16(8-14)19-7-6-18-15/h4-8,12-13,17,20H,9-11H2,1-3H3. The van der Waals surface area contributed by atoms with Crippen LogP contribution in [0.3, 0.4) is 0 Å². The first-order valence-electron chi connectivity index (χ1n) is 7.29. The van der Waals surface area contributed by atoms with Gasteiger partial charge in [-0.15, -0.1) is 0 Å². The number of aromatic nitrogens is 2. The highest BCUT2D eigenvalue weighted by molar-refractivity contribution is 5.74. The van der Waals surface area contributed by atoms with Gasteiger partial charge in [-0.05, 0) is 37.1 Å². The van der Waals surface area contributed by atoms with Gasteiger partial charge in [0, 0.05) is 31.5 Å². The molecule has 1 aromatic heterocycles. The van der Waals surface area contributed by atoms with Gasteiger partial charge in [-0.2, -0.15) is 0 Å². The predicted molar refractivity (Wildman–Crippen MR) is 83.5 cm³/mol. The number of rotatable bonds is 7. The minimum absolute atomic E-state index is 0.450. The zero-order chi connectivity index (χ0) is 14.4. The molecule has 0 radical (unpaired) electrons. The van der Waals surface area contributed by atoms with Gasteiger partial charge in [-0.1, -0.05) is 19.9 Å². The highest BCUT2D eigenvalue weighted by Crippen LogP contribution is 2.10. The number of fused-ring (bicyclic) bond motifs is 1. The van der Waals surface area contributed by atoms with E-state index in [0.717, 1.165) is 30.7 Å². The van der Waals surface area contributed by atoms with Crippen LogP contribution in [0.1, 0.15) is 26.3 Å². The highest BCUT2D eigenvalue weighted by atomic mass is 15.0. The lowest BCUT2D eigenvalue weighted by molar-refractivity contribution is 0.472. The van der Waals surface area contributed by atoms with E-state index in [-0.39, 0.29) is 0 Å². The molecule has 0 saturated heterocycles. The molecular formula is C16H24N4. The smallest absolute Gasteiger partial charge is 0.0890 e. The van der Waals surface area contributed by atoms with Gasteiger partial charge < -0.3 is 10.6 Å². The fourth-order valence-corrected chi connectivity index (χ4v) is 2.07. The van der Waals surface area contributed by atoms with Crippen molar-refractivity contribution in [3.63, 3.8) is 0 Å². The summed E-state index contributed by atoms with van der Waals surface area (Å²) in [5, 5.41) is 6.99. The Morgan fingerprint density at radius 1 is 1.00 bits per heavy atom. The van der Waals surface area contributed by atoms with Crippen LogP contribution in [0.5, 0.6) is 0 Å². The monoisotopic (exact) mass is 272 g/mol. The van der Waals surface area contributed by atoms with E-state index in [0.29, 0.717) is 12.0 Å². The number of hydrogen-bond acceptors (Lipinski definition) is 4. The van der Waals surface area contributed by atoms with Crippen molar-refractivity contribution in [3.8, 4) is 0 Å². The maximum absolute atomic E-state index is 4.34. The Morgan fingerprint density at radius 3 is 2.50 bits per heavy atom. The Morgan fingerprint density at radius 2 is 1.75 bits per heavy atom. The second-order valence-corrected chi connectivity index (χ2v) is 5.71. The molecule has 0 aliphatic rings. The van der Waals surface area contributed by atoms with Crippen molar-refractivity contribution in [1.82, 2.24) is 20.6 Å². The van der Waals surface area contributed by atoms with E-state index in [4.69, 9.17) is 0 Å².